The van der Waals surface area contributed by atoms with Crippen LogP contribution in [0.4, 0.5) is 0 Å². The average molecular weight is 345 g/mol. The van der Waals surface area contributed by atoms with Crippen molar-refractivity contribution in [3.05, 3.63) is 48.6 Å². The molecule has 1 aromatic rings. The molecule has 1 aromatic carbocycles. The van der Waals surface area contributed by atoms with Crippen LogP contribution in [-0.2, 0) is 11.0 Å². The minimum atomic E-state index is -1.80. The number of benzene rings is 1. The lowest BCUT2D eigenvalue weighted by atomic mass is 10.1. The van der Waals surface area contributed by atoms with E-state index in [1.807, 2.05) is 24.3 Å². The summed E-state index contributed by atoms with van der Waals surface area (Å²) in [5.41, 5.74) is 1.22. The number of hydrogen-bond acceptors (Lipinski definition) is 3. The quantitative estimate of drug-likeness (QED) is 0.360. The van der Waals surface area contributed by atoms with Gasteiger partial charge in [0, 0.05) is 19.2 Å². The lowest BCUT2D eigenvalue weighted by Gasteiger charge is -2.39. The third-order valence-corrected chi connectivity index (χ3v) is 9.40. The molecule has 3 nitrogen and oxygen atoms in total. The van der Waals surface area contributed by atoms with E-state index in [0.717, 1.165) is 13.0 Å². The van der Waals surface area contributed by atoms with Gasteiger partial charge in [0.1, 0.15) is 0 Å². The van der Waals surface area contributed by atoms with E-state index in [9.17, 15) is 5.26 Å². The second kappa shape index (κ2) is 9.17. The van der Waals surface area contributed by atoms with Crippen LogP contribution in [0, 0.1) is 11.3 Å². The fourth-order valence-corrected chi connectivity index (χ4v) is 3.30. The van der Waals surface area contributed by atoms with Gasteiger partial charge in [0.15, 0.2) is 8.32 Å². The second-order valence-corrected chi connectivity index (χ2v) is 12.6. The molecule has 0 spiro atoms. The minimum Gasteiger partial charge on any atom is -0.415 e. The zero-order chi connectivity index (χ0) is 18.2. The largest absolute Gasteiger partial charge is 0.415 e. The molecule has 1 rings (SSSR count). The molecule has 1 atom stereocenters. The standard InChI is InChI=1S/C20H32N2OSi/c1-7-11-19(17-23-24(5,6)20(2,3)4)22(15-14-21)16-18-12-9-8-10-13-18/h7-10,12-13,19H,1,11,15-17H2,2-6H3/t19-/m0/s1. The van der Waals surface area contributed by atoms with Gasteiger partial charge in [0.2, 0.25) is 0 Å². The number of nitriles is 1. The lowest BCUT2D eigenvalue weighted by Crippen LogP contribution is -2.46. The zero-order valence-electron chi connectivity index (χ0n) is 15.9. The third-order valence-electron chi connectivity index (χ3n) is 4.90. The van der Waals surface area contributed by atoms with Gasteiger partial charge >= 0.3 is 0 Å². The number of rotatable bonds is 9. The van der Waals surface area contributed by atoms with Gasteiger partial charge in [0.25, 0.3) is 0 Å². The molecular formula is C20H32N2OSi. The fourth-order valence-electron chi connectivity index (χ4n) is 2.26. The van der Waals surface area contributed by atoms with Crippen molar-refractivity contribution in [3.63, 3.8) is 0 Å². The molecular weight excluding hydrogens is 312 g/mol. The summed E-state index contributed by atoms with van der Waals surface area (Å²) in [6.07, 6.45) is 2.75. The summed E-state index contributed by atoms with van der Waals surface area (Å²) < 4.78 is 6.41. The predicted octanol–water partition coefficient (Wildman–Crippen LogP) is 4.98. The first kappa shape index (κ1) is 20.6. The van der Waals surface area contributed by atoms with Crippen molar-refractivity contribution >= 4 is 8.32 Å². The molecule has 0 heterocycles. The molecule has 0 saturated heterocycles. The number of hydrogen-bond donors (Lipinski definition) is 0. The first-order valence-electron chi connectivity index (χ1n) is 8.61. The molecule has 0 aromatic heterocycles. The highest BCUT2D eigenvalue weighted by molar-refractivity contribution is 6.74. The van der Waals surface area contributed by atoms with Crippen LogP contribution < -0.4 is 0 Å². The minimum absolute atomic E-state index is 0.177. The fraction of sp³-hybridized carbons (Fsp3) is 0.550. The van der Waals surface area contributed by atoms with E-state index in [2.05, 4.69) is 63.5 Å². The highest BCUT2D eigenvalue weighted by Gasteiger charge is 2.37. The Labute approximate surface area is 149 Å². The molecule has 0 unspecified atom stereocenters. The molecule has 4 heteroatoms. The highest BCUT2D eigenvalue weighted by Crippen LogP contribution is 2.36. The Morgan fingerprint density at radius 3 is 2.42 bits per heavy atom. The van der Waals surface area contributed by atoms with Crippen molar-refractivity contribution in [2.75, 3.05) is 13.2 Å². The van der Waals surface area contributed by atoms with Crippen molar-refractivity contribution in [1.29, 1.82) is 5.26 Å². The van der Waals surface area contributed by atoms with Crippen LogP contribution >= 0.6 is 0 Å². The van der Waals surface area contributed by atoms with Crippen LogP contribution in [0.1, 0.15) is 32.8 Å². The second-order valence-electron chi connectivity index (χ2n) is 7.80. The molecule has 0 saturated carbocycles. The molecule has 0 aliphatic carbocycles. The maximum absolute atomic E-state index is 9.24. The summed E-state index contributed by atoms with van der Waals surface area (Å²) in [4.78, 5) is 2.20. The van der Waals surface area contributed by atoms with Crippen molar-refractivity contribution in [1.82, 2.24) is 4.90 Å². The topological polar surface area (TPSA) is 36.3 Å². The van der Waals surface area contributed by atoms with Gasteiger partial charge < -0.3 is 4.43 Å². The molecule has 0 bridgehead atoms. The van der Waals surface area contributed by atoms with Crippen molar-refractivity contribution in [2.24, 2.45) is 0 Å². The van der Waals surface area contributed by atoms with Gasteiger partial charge in [-0.1, -0.05) is 57.2 Å². The van der Waals surface area contributed by atoms with Gasteiger partial charge in [-0.15, -0.1) is 6.58 Å². The average Bonchev–Trinajstić information content (AvgIpc) is 2.51. The van der Waals surface area contributed by atoms with Gasteiger partial charge in [-0.2, -0.15) is 5.26 Å². The zero-order valence-corrected chi connectivity index (χ0v) is 16.9. The van der Waals surface area contributed by atoms with Crippen molar-refractivity contribution in [2.45, 2.75) is 57.9 Å². The van der Waals surface area contributed by atoms with Crippen LogP contribution in [0.2, 0.25) is 18.1 Å². The Morgan fingerprint density at radius 2 is 1.92 bits per heavy atom. The summed E-state index contributed by atoms with van der Waals surface area (Å²) >= 11 is 0. The smallest absolute Gasteiger partial charge is 0.192 e. The Bertz CT molecular complexity index is 543. The lowest BCUT2D eigenvalue weighted by molar-refractivity contribution is 0.134. The molecule has 0 aliphatic rings. The van der Waals surface area contributed by atoms with E-state index in [1.54, 1.807) is 0 Å². The summed E-state index contributed by atoms with van der Waals surface area (Å²) in [6, 6.07) is 12.8. The molecule has 132 valence electrons. The van der Waals surface area contributed by atoms with Crippen LogP contribution in [-0.4, -0.2) is 32.4 Å². The Kier molecular flexibility index (Phi) is 7.88. The predicted molar refractivity (Wildman–Crippen MR) is 104 cm³/mol. The maximum atomic E-state index is 9.24. The molecule has 24 heavy (non-hydrogen) atoms. The van der Waals surface area contributed by atoms with E-state index < -0.39 is 8.32 Å². The Balaban J connectivity index is 2.85. The van der Waals surface area contributed by atoms with Gasteiger partial charge in [-0.05, 0) is 30.1 Å². The first-order valence-corrected chi connectivity index (χ1v) is 11.5. The van der Waals surface area contributed by atoms with Gasteiger partial charge in [0.05, 0.1) is 12.6 Å². The monoisotopic (exact) mass is 344 g/mol. The van der Waals surface area contributed by atoms with E-state index >= 15 is 0 Å². The maximum Gasteiger partial charge on any atom is 0.192 e. The van der Waals surface area contributed by atoms with E-state index in [-0.39, 0.29) is 11.1 Å². The van der Waals surface area contributed by atoms with E-state index in [0.29, 0.717) is 13.2 Å². The molecule has 0 N–H and O–H groups in total. The van der Waals surface area contributed by atoms with Crippen LogP contribution in [0.5, 0.6) is 0 Å². The third kappa shape index (κ3) is 6.24. The van der Waals surface area contributed by atoms with E-state index in [4.69, 9.17) is 4.43 Å². The molecule has 0 aliphatic heterocycles. The van der Waals surface area contributed by atoms with Crippen LogP contribution in [0.25, 0.3) is 0 Å². The molecule has 0 radical (unpaired) electrons. The van der Waals surface area contributed by atoms with Crippen molar-refractivity contribution < 1.29 is 4.43 Å². The Hall–Kier alpha value is -1.41. The normalized spacial score (nSPS) is 13.5. The van der Waals surface area contributed by atoms with Crippen molar-refractivity contribution in [3.8, 4) is 6.07 Å². The summed E-state index contributed by atoms with van der Waals surface area (Å²) in [5, 5.41) is 9.43. The summed E-state index contributed by atoms with van der Waals surface area (Å²) in [7, 11) is -1.80. The van der Waals surface area contributed by atoms with Crippen LogP contribution in [0.15, 0.2) is 43.0 Å². The molecule has 0 fully saturated rings. The van der Waals surface area contributed by atoms with Crippen LogP contribution in [0.3, 0.4) is 0 Å². The van der Waals surface area contributed by atoms with Gasteiger partial charge in [-0.3, -0.25) is 4.90 Å². The van der Waals surface area contributed by atoms with E-state index in [1.165, 1.54) is 5.56 Å². The summed E-state index contributed by atoms with van der Waals surface area (Å²) in [5.74, 6) is 0. The first-order chi connectivity index (χ1) is 11.2. The Morgan fingerprint density at radius 1 is 1.29 bits per heavy atom. The summed E-state index contributed by atoms with van der Waals surface area (Å²) in [6.45, 7) is 17.0. The highest BCUT2D eigenvalue weighted by atomic mass is 28.4. The van der Waals surface area contributed by atoms with Gasteiger partial charge in [-0.25, -0.2) is 0 Å². The molecule has 0 amide bonds. The number of nitrogens with zero attached hydrogens (tertiary/aromatic N) is 2. The SMILES string of the molecule is C=CC[C@@H](CO[Si](C)(C)C(C)(C)C)N(CC#N)Cc1ccccc1.